The summed E-state index contributed by atoms with van der Waals surface area (Å²) >= 11 is 0. The van der Waals surface area contributed by atoms with Gasteiger partial charge in [-0.2, -0.15) is 0 Å². The first kappa shape index (κ1) is 22.3. The molecule has 0 aliphatic rings. The third-order valence-corrected chi connectivity index (χ3v) is 3.63. The van der Waals surface area contributed by atoms with E-state index in [1.54, 1.807) is 0 Å². The molecule has 0 radical (unpaired) electrons. The van der Waals surface area contributed by atoms with E-state index < -0.39 is 8.25 Å². The predicted molar refractivity (Wildman–Crippen MR) is 88.4 cm³/mol. The molecule has 0 aliphatic carbocycles. The summed E-state index contributed by atoms with van der Waals surface area (Å²) in [4.78, 5) is 0. The molecule has 0 saturated carbocycles. The van der Waals surface area contributed by atoms with Gasteiger partial charge >= 0.3 is 8.25 Å². The van der Waals surface area contributed by atoms with E-state index in [4.69, 9.17) is 9.05 Å². The second-order valence-electron chi connectivity index (χ2n) is 5.01. The molecular formula is C16H36O3P+. The zero-order chi connectivity index (χ0) is 15.5. The molecule has 3 nitrogen and oxygen atoms in total. The van der Waals surface area contributed by atoms with Crippen molar-refractivity contribution >= 4 is 8.25 Å². The Hall–Kier alpha value is 0.0200. The largest absolute Gasteiger partial charge is 0.697 e. The minimum Gasteiger partial charge on any atom is -0.119 e. The van der Waals surface area contributed by atoms with E-state index in [2.05, 4.69) is 27.7 Å². The molecule has 0 bridgehead atoms. The standard InChI is InChI=1S/C8H18O3P.C8H18/c1-3-5-7-10-12(9)11-8-6-4-2;1-3-5-7-8-6-4-2/h3-8H2,1-2H3;3-8H2,1-2H3/q+1;. The fraction of sp³-hybridized carbons (Fsp3) is 1.00. The molecule has 0 N–H and O–H groups in total. The summed E-state index contributed by atoms with van der Waals surface area (Å²) in [5.41, 5.74) is 0. The van der Waals surface area contributed by atoms with Gasteiger partial charge in [-0.3, -0.25) is 0 Å². The van der Waals surface area contributed by atoms with Gasteiger partial charge in [-0.15, -0.1) is 9.05 Å². The maximum absolute atomic E-state index is 10.9. The maximum atomic E-state index is 10.9. The zero-order valence-electron chi connectivity index (χ0n) is 14.2. The molecule has 0 aliphatic heterocycles. The molecule has 0 aromatic carbocycles. The number of hydrogen-bond acceptors (Lipinski definition) is 3. The molecule has 0 rings (SSSR count). The van der Waals surface area contributed by atoms with Crippen molar-refractivity contribution in [3.05, 3.63) is 0 Å². The highest BCUT2D eigenvalue weighted by Crippen LogP contribution is 2.24. The van der Waals surface area contributed by atoms with E-state index in [0.29, 0.717) is 13.2 Å². The highest BCUT2D eigenvalue weighted by molar-refractivity contribution is 7.33. The Balaban J connectivity index is 0. The first-order valence-corrected chi connectivity index (χ1v) is 9.55. The number of rotatable bonds is 13. The Morgan fingerprint density at radius 2 is 0.950 bits per heavy atom. The molecule has 0 heterocycles. The molecule has 0 spiro atoms. The van der Waals surface area contributed by atoms with Crippen molar-refractivity contribution in [1.29, 1.82) is 0 Å². The van der Waals surface area contributed by atoms with Crippen LogP contribution in [0.15, 0.2) is 0 Å². The van der Waals surface area contributed by atoms with Crippen LogP contribution in [0, 0.1) is 0 Å². The van der Waals surface area contributed by atoms with Gasteiger partial charge in [-0.05, 0) is 12.8 Å². The van der Waals surface area contributed by atoms with Crippen molar-refractivity contribution in [2.75, 3.05) is 13.2 Å². The molecule has 0 unspecified atom stereocenters. The van der Waals surface area contributed by atoms with Gasteiger partial charge in [0.1, 0.15) is 13.2 Å². The van der Waals surface area contributed by atoms with Gasteiger partial charge in [-0.1, -0.05) is 79.1 Å². The molecule has 0 aromatic heterocycles. The minimum absolute atomic E-state index is 0.540. The molecule has 20 heavy (non-hydrogen) atoms. The number of hydrogen-bond donors (Lipinski definition) is 0. The third kappa shape index (κ3) is 23.1. The SMILES string of the molecule is CCCCCCCC.CCCCO[P+](=O)OCCCC. The summed E-state index contributed by atoms with van der Waals surface area (Å²) in [5.74, 6) is 0. The summed E-state index contributed by atoms with van der Waals surface area (Å²) in [5, 5.41) is 0. The molecule has 0 atom stereocenters. The second kappa shape index (κ2) is 21.3. The highest BCUT2D eigenvalue weighted by Gasteiger charge is 2.18. The summed E-state index contributed by atoms with van der Waals surface area (Å²) in [6.45, 7) is 9.72. The van der Waals surface area contributed by atoms with Crippen LogP contribution in [0.2, 0.25) is 0 Å². The molecule has 122 valence electrons. The minimum atomic E-state index is -1.85. The Labute approximate surface area is 127 Å². The van der Waals surface area contributed by atoms with Crippen LogP contribution in [0.1, 0.15) is 91.9 Å². The van der Waals surface area contributed by atoms with E-state index >= 15 is 0 Å². The smallest absolute Gasteiger partial charge is 0.119 e. The van der Waals surface area contributed by atoms with Crippen molar-refractivity contribution in [1.82, 2.24) is 0 Å². The molecule has 0 fully saturated rings. The van der Waals surface area contributed by atoms with Gasteiger partial charge in [0.2, 0.25) is 0 Å². The van der Waals surface area contributed by atoms with Crippen molar-refractivity contribution in [3.8, 4) is 0 Å². The summed E-state index contributed by atoms with van der Waals surface area (Å²) in [6, 6.07) is 0. The Morgan fingerprint density at radius 3 is 1.25 bits per heavy atom. The quantitative estimate of drug-likeness (QED) is 0.282. The van der Waals surface area contributed by atoms with Crippen molar-refractivity contribution in [2.24, 2.45) is 0 Å². The molecule has 0 saturated heterocycles. The highest BCUT2D eigenvalue weighted by atomic mass is 31.1. The lowest BCUT2D eigenvalue weighted by Crippen LogP contribution is -1.90. The summed E-state index contributed by atoms with van der Waals surface area (Å²) in [7, 11) is -1.85. The van der Waals surface area contributed by atoms with Crippen molar-refractivity contribution < 1.29 is 13.6 Å². The summed E-state index contributed by atoms with van der Waals surface area (Å²) < 4.78 is 20.7. The van der Waals surface area contributed by atoms with Gasteiger partial charge in [-0.25, -0.2) is 0 Å². The van der Waals surface area contributed by atoms with Crippen LogP contribution in [-0.4, -0.2) is 13.2 Å². The van der Waals surface area contributed by atoms with Crippen LogP contribution < -0.4 is 0 Å². The van der Waals surface area contributed by atoms with Crippen molar-refractivity contribution in [2.45, 2.75) is 91.9 Å². The lowest BCUT2D eigenvalue weighted by molar-refractivity contribution is 0.221. The molecular weight excluding hydrogens is 271 g/mol. The first-order chi connectivity index (χ1) is 9.72. The van der Waals surface area contributed by atoms with Crippen LogP contribution in [0.4, 0.5) is 0 Å². The molecule has 0 amide bonds. The fourth-order valence-corrected chi connectivity index (χ4v) is 2.09. The lowest BCUT2D eigenvalue weighted by atomic mass is 10.1. The van der Waals surface area contributed by atoms with Gasteiger partial charge in [0, 0.05) is 4.57 Å². The summed E-state index contributed by atoms with van der Waals surface area (Å²) in [6.07, 6.45) is 12.5. The van der Waals surface area contributed by atoms with Crippen LogP contribution in [-0.2, 0) is 13.6 Å². The van der Waals surface area contributed by atoms with Crippen molar-refractivity contribution in [3.63, 3.8) is 0 Å². The normalized spacial score (nSPS) is 10.0. The average molecular weight is 307 g/mol. The number of unbranched alkanes of at least 4 members (excludes halogenated alkanes) is 7. The van der Waals surface area contributed by atoms with Crippen LogP contribution >= 0.6 is 8.25 Å². The fourth-order valence-electron chi connectivity index (χ4n) is 1.46. The Kier molecular flexibility index (Phi) is 23.8. The van der Waals surface area contributed by atoms with Gasteiger partial charge in [0.25, 0.3) is 0 Å². The maximum Gasteiger partial charge on any atom is 0.697 e. The third-order valence-electron chi connectivity index (χ3n) is 2.85. The molecule has 4 heteroatoms. The van der Waals surface area contributed by atoms with Gasteiger partial charge < -0.3 is 0 Å². The van der Waals surface area contributed by atoms with E-state index in [9.17, 15) is 4.57 Å². The first-order valence-electron chi connectivity index (χ1n) is 8.45. The Bertz CT molecular complexity index is 169. The zero-order valence-corrected chi connectivity index (χ0v) is 15.1. The topological polar surface area (TPSA) is 35.5 Å². The van der Waals surface area contributed by atoms with Crippen LogP contribution in [0.3, 0.4) is 0 Å². The second-order valence-corrected chi connectivity index (χ2v) is 5.97. The van der Waals surface area contributed by atoms with E-state index in [-0.39, 0.29) is 0 Å². The van der Waals surface area contributed by atoms with E-state index in [0.717, 1.165) is 25.7 Å². The Morgan fingerprint density at radius 1 is 0.600 bits per heavy atom. The monoisotopic (exact) mass is 307 g/mol. The average Bonchev–Trinajstić information content (AvgIpc) is 2.45. The van der Waals surface area contributed by atoms with E-state index in [1.807, 2.05) is 0 Å². The van der Waals surface area contributed by atoms with Gasteiger partial charge in [0.05, 0.1) is 0 Å². The van der Waals surface area contributed by atoms with Crippen LogP contribution in [0.5, 0.6) is 0 Å². The molecule has 0 aromatic rings. The van der Waals surface area contributed by atoms with E-state index in [1.165, 1.54) is 38.5 Å². The van der Waals surface area contributed by atoms with Crippen LogP contribution in [0.25, 0.3) is 0 Å². The predicted octanol–water partition coefficient (Wildman–Crippen LogP) is 6.64. The van der Waals surface area contributed by atoms with Gasteiger partial charge in [0.15, 0.2) is 0 Å². The lowest BCUT2D eigenvalue weighted by Gasteiger charge is -1.93.